The zero-order valence-electron chi connectivity index (χ0n) is 16.6. The van der Waals surface area contributed by atoms with E-state index >= 15 is 0 Å². The summed E-state index contributed by atoms with van der Waals surface area (Å²) in [7, 11) is 3.34. The Balaban J connectivity index is 0.000000645. The van der Waals surface area contributed by atoms with Crippen LogP contribution in [0.1, 0.15) is 24.0 Å². The highest BCUT2D eigenvalue weighted by molar-refractivity contribution is 6.12. The molecule has 6 heteroatoms. The lowest BCUT2D eigenvalue weighted by Crippen LogP contribution is -2.35. The highest BCUT2D eigenvalue weighted by atomic mass is 16.5. The molecule has 0 aliphatic carbocycles. The van der Waals surface area contributed by atoms with Crippen LogP contribution in [-0.2, 0) is 17.8 Å². The maximum Gasteiger partial charge on any atom is 0.290 e. The summed E-state index contributed by atoms with van der Waals surface area (Å²) in [5.41, 5.74) is 2.83. The molecule has 5 rings (SSSR count). The van der Waals surface area contributed by atoms with Crippen LogP contribution in [0.2, 0.25) is 0 Å². The van der Waals surface area contributed by atoms with Crippen molar-refractivity contribution in [3.63, 3.8) is 0 Å². The van der Waals surface area contributed by atoms with Crippen molar-refractivity contribution in [3.05, 3.63) is 41.5 Å². The molecule has 3 aromatic carbocycles. The van der Waals surface area contributed by atoms with Crippen molar-refractivity contribution in [2.45, 2.75) is 31.8 Å². The minimum Gasteiger partial charge on any atom is -0.508 e. The van der Waals surface area contributed by atoms with Gasteiger partial charge in [-0.15, -0.1) is 0 Å². The highest BCUT2D eigenvalue weighted by Crippen LogP contribution is 2.44. The first-order valence-electron chi connectivity index (χ1n) is 9.75. The van der Waals surface area contributed by atoms with Crippen LogP contribution in [0.5, 0.6) is 17.2 Å². The van der Waals surface area contributed by atoms with Gasteiger partial charge in [0.2, 0.25) is 0 Å². The van der Waals surface area contributed by atoms with Crippen molar-refractivity contribution in [2.24, 2.45) is 0 Å². The van der Waals surface area contributed by atoms with Crippen LogP contribution in [0, 0.1) is 0 Å². The average molecular weight is 395 g/mol. The van der Waals surface area contributed by atoms with Crippen LogP contribution in [0.25, 0.3) is 21.5 Å². The normalized spacial score (nSPS) is 17.9. The van der Waals surface area contributed by atoms with Gasteiger partial charge in [0.15, 0.2) is 11.5 Å². The zero-order chi connectivity index (χ0) is 20.5. The first kappa shape index (κ1) is 19.3. The van der Waals surface area contributed by atoms with Gasteiger partial charge in [-0.25, -0.2) is 0 Å². The van der Waals surface area contributed by atoms with E-state index in [1.54, 1.807) is 20.3 Å². The number of phenols is 1. The quantitative estimate of drug-likeness (QED) is 0.505. The van der Waals surface area contributed by atoms with E-state index in [1.165, 1.54) is 41.3 Å². The molecule has 0 spiro atoms. The predicted octanol–water partition coefficient (Wildman–Crippen LogP) is 3.94. The van der Waals surface area contributed by atoms with Crippen LogP contribution in [0.3, 0.4) is 0 Å². The number of methoxy groups -OCH3 is 2. The van der Waals surface area contributed by atoms with E-state index in [-0.39, 0.29) is 6.47 Å². The molecule has 3 aromatic rings. The monoisotopic (exact) mass is 395 g/mol. The maximum atomic E-state index is 10.1. The van der Waals surface area contributed by atoms with Gasteiger partial charge in [0.1, 0.15) is 5.75 Å². The second-order valence-electron chi connectivity index (χ2n) is 7.52. The molecule has 29 heavy (non-hydrogen) atoms. The SMILES string of the molecule is COc1cc2c3c(c4ccc(O)cc4c2cc1OC)CC1CCCN1C3.O=CO. The molecule has 0 aromatic heterocycles. The molecule has 1 atom stereocenters. The maximum absolute atomic E-state index is 10.1. The standard InChI is InChI=1S/C22H23NO3.CH2O2/c1-25-21-10-18-17-9-14(24)5-6-15(17)16-8-13-4-3-7-23(13)12-20(16)19(18)11-22(21)26-2;2-1-3/h5-6,9-11,13,24H,3-4,7-8,12H2,1-2H3;1H,(H,2,3). The lowest BCUT2D eigenvalue weighted by atomic mass is 9.85. The number of carboxylic acid groups (broad SMARTS) is 1. The number of ether oxygens (including phenoxy) is 2. The van der Waals surface area contributed by atoms with Gasteiger partial charge in [0.05, 0.1) is 14.2 Å². The Morgan fingerprint density at radius 1 is 1.00 bits per heavy atom. The van der Waals surface area contributed by atoms with E-state index < -0.39 is 0 Å². The number of phenolic OH excluding ortho intramolecular Hbond substituents is 1. The fourth-order valence-corrected chi connectivity index (χ4v) is 4.88. The van der Waals surface area contributed by atoms with Crippen molar-refractivity contribution in [2.75, 3.05) is 20.8 Å². The van der Waals surface area contributed by atoms with Gasteiger partial charge < -0.3 is 19.7 Å². The van der Waals surface area contributed by atoms with Crippen molar-refractivity contribution < 1.29 is 24.5 Å². The molecule has 0 bridgehead atoms. The van der Waals surface area contributed by atoms with Crippen LogP contribution < -0.4 is 9.47 Å². The van der Waals surface area contributed by atoms with Gasteiger partial charge in [-0.1, -0.05) is 6.07 Å². The molecule has 2 heterocycles. The molecule has 0 radical (unpaired) electrons. The smallest absolute Gasteiger partial charge is 0.290 e. The predicted molar refractivity (Wildman–Crippen MR) is 112 cm³/mol. The molecule has 0 saturated carbocycles. The Kier molecular flexibility index (Phi) is 5.20. The number of rotatable bonds is 2. The van der Waals surface area contributed by atoms with E-state index in [1.807, 2.05) is 12.1 Å². The van der Waals surface area contributed by atoms with Gasteiger partial charge >= 0.3 is 0 Å². The Morgan fingerprint density at radius 2 is 1.66 bits per heavy atom. The second-order valence-corrected chi connectivity index (χ2v) is 7.52. The number of nitrogens with zero attached hydrogens (tertiary/aromatic N) is 1. The molecule has 152 valence electrons. The minimum absolute atomic E-state index is 0.250. The first-order chi connectivity index (χ1) is 14.1. The Bertz CT molecular complexity index is 1080. The zero-order valence-corrected chi connectivity index (χ0v) is 16.6. The lowest BCUT2D eigenvalue weighted by molar-refractivity contribution is -0.122. The third kappa shape index (κ3) is 3.23. The number of carbonyl (C=O) groups is 1. The Hall–Kier alpha value is -2.99. The van der Waals surface area contributed by atoms with Crippen LogP contribution in [0.15, 0.2) is 30.3 Å². The largest absolute Gasteiger partial charge is 0.508 e. The lowest BCUT2D eigenvalue weighted by Gasteiger charge is -2.33. The molecule has 6 nitrogen and oxygen atoms in total. The molecular formula is C23H25NO5. The number of hydrogen-bond acceptors (Lipinski definition) is 5. The summed E-state index contributed by atoms with van der Waals surface area (Å²) >= 11 is 0. The van der Waals surface area contributed by atoms with Crippen LogP contribution >= 0.6 is 0 Å². The fraction of sp³-hybridized carbons (Fsp3) is 0.348. The van der Waals surface area contributed by atoms with E-state index in [0.717, 1.165) is 35.2 Å². The average Bonchev–Trinajstić information content (AvgIpc) is 3.19. The van der Waals surface area contributed by atoms with Crippen molar-refractivity contribution in [3.8, 4) is 17.2 Å². The van der Waals surface area contributed by atoms with Crippen LogP contribution in [0.4, 0.5) is 0 Å². The molecule has 1 saturated heterocycles. The van der Waals surface area contributed by atoms with E-state index in [4.69, 9.17) is 19.4 Å². The molecule has 2 aliphatic heterocycles. The van der Waals surface area contributed by atoms with Gasteiger partial charge in [-0.3, -0.25) is 9.69 Å². The van der Waals surface area contributed by atoms with E-state index in [9.17, 15) is 5.11 Å². The van der Waals surface area contributed by atoms with Gasteiger partial charge in [-0.2, -0.15) is 0 Å². The van der Waals surface area contributed by atoms with E-state index in [2.05, 4.69) is 17.0 Å². The van der Waals surface area contributed by atoms with Crippen molar-refractivity contribution in [1.82, 2.24) is 4.90 Å². The minimum atomic E-state index is -0.250. The second kappa shape index (κ2) is 7.79. The van der Waals surface area contributed by atoms with Gasteiger partial charge in [-0.05, 0) is 82.7 Å². The summed E-state index contributed by atoms with van der Waals surface area (Å²) in [5.74, 6) is 1.77. The molecule has 0 amide bonds. The summed E-state index contributed by atoms with van der Waals surface area (Å²) < 4.78 is 11.1. The molecular weight excluding hydrogens is 370 g/mol. The number of hydrogen-bond donors (Lipinski definition) is 2. The number of aromatic hydroxyl groups is 1. The third-order valence-corrected chi connectivity index (χ3v) is 6.13. The first-order valence-corrected chi connectivity index (χ1v) is 9.75. The summed E-state index contributed by atoms with van der Waals surface area (Å²) in [6.45, 7) is 1.93. The molecule has 1 fully saturated rings. The van der Waals surface area contributed by atoms with Crippen LogP contribution in [-0.4, -0.2) is 48.4 Å². The summed E-state index contributed by atoms with van der Waals surface area (Å²) in [6.07, 6.45) is 3.65. The van der Waals surface area contributed by atoms with Gasteiger partial charge in [0, 0.05) is 12.6 Å². The van der Waals surface area contributed by atoms with Crippen molar-refractivity contribution >= 4 is 28.0 Å². The molecule has 2 N–H and O–H groups in total. The van der Waals surface area contributed by atoms with Gasteiger partial charge in [0.25, 0.3) is 6.47 Å². The van der Waals surface area contributed by atoms with E-state index in [0.29, 0.717) is 11.8 Å². The third-order valence-electron chi connectivity index (χ3n) is 6.13. The summed E-state index contributed by atoms with van der Waals surface area (Å²) in [6, 6.07) is 10.6. The van der Waals surface area contributed by atoms with Crippen molar-refractivity contribution in [1.29, 1.82) is 0 Å². The number of benzene rings is 3. The summed E-state index contributed by atoms with van der Waals surface area (Å²) in [4.78, 5) is 11.0. The fourth-order valence-electron chi connectivity index (χ4n) is 4.88. The molecule has 1 unspecified atom stereocenters. The Morgan fingerprint density at radius 3 is 2.34 bits per heavy atom. The summed E-state index contributed by atoms with van der Waals surface area (Å²) in [5, 5.41) is 21.7. The topological polar surface area (TPSA) is 79.2 Å². The molecule has 2 aliphatic rings. The number of fused-ring (bicyclic) bond motifs is 7. The Labute approximate surface area is 169 Å². The highest BCUT2D eigenvalue weighted by Gasteiger charge is 2.32.